The minimum atomic E-state index is -0.524. The summed E-state index contributed by atoms with van der Waals surface area (Å²) >= 11 is -0.524. The first-order valence-corrected chi connectivity index (χ1v) is 10.3. The van der Waals surface area contributed by atoms with Crippen molar-refractivity contribution in [1.29, 1.82) is 0 Å². The summed E-state index contributed by atoms with van der Waals surface area (Å²) in [6.07, 6.45) is 2.08. The van der Waals surface area contributed by atoms with Gasteiger partial charge in [-0.05, 0) is 0 Å². The average molecular weight is 438 g/mol. The Morgan fingerprint density at radius 2 is 1.48 bits per heavy atom. The van der Waals surface area contributed by atoms with E-state index in [2.05, 4.69) is 54.3 Å². The van der Waals surface area contributed by atoms with E-state index >= 15 is 0 Å². The van der Waals surface area contributed by atoms with E-state index in [1.807, 2.05) is 48.5 Å². The first kappa shape index (κ1) is 17.4. The van der Waals surface area contributed by atoms with Gasteiger partial charge in [0.05, 0.1) is 0 Å². The second kappa shape index (κ2) is 9.14. The Bertz CT molecular complexity index is 886. The maximum absolute atomic E-state index is 5.25. The van der Waals surface area contributed by atoms with Gasteiger partial charge in [0.1, 0.15) is 0 Å². The molecular formula is C23H18OTe. The van der Waals surface area contributed by atoms with E-state index in [-0.39, 0.29) is 0 Å². The van der Waals surface area contributed by atoms with Crippen molar-refractivity contribution in [2.24, 2.45) is 0 Å². The first-order chi connectivity index (χ1) is 12.3. The molecule has 0 spiro atoms. The van der Waals surface area contributed by atoms with Crippen molar-refractivity contribution in [3.63, 3.8) is 0 Å². The van der Waals surface area contributed by atoms with Crippen LogP contribution < -0.4 is 8.35 Å². The van der Waals surface area contributed by atoms with Crippen LogP contribution in [0.5, 0.6) is 5.75 Å². The molecular weight excluding hydrogens is 420 g/mol. The Morgan fingerprint density at radius 3 is 2.12 bits per heavy atom. The summed E-state index contributed by atoms with van der Waals surface area (Å²) in [4.78, 5) is 0. The zero-order valence-electron chi connectivity index (χ0n) is 14.0. The summed E-state index contributed by atoms with van der Waals surface area (Å²) in [6.45, 7) is 0. The SMILES string of the molecule is COc1ccc([Te]/C(=C\C#Cc2ccccc2)c2ccccc2)cc1. The molecule has 0 heterocycles. The van der Waals surface area contributed by atoms with Gasteiger partial charge >= 0.3 is 160 Å². The molecule has 0 unspecified atom stereocenters. The van der Waals surface area contributed by atoms with Crippen molar-refractivity contribution in [2.75, 3.05) is 7.11 Å². The topological polar surface area (TPSA) is 9.23 Å². The van der Waals surface area contributed by atoms with Gasteiger partial charge < -0.3 is 0 Å². The van der Waals surface area contributed by atoms with Gasteiger partial charge in [-0.25, -0.2) is 0 Å². The van der Waals surface area contributed by atoms with E-state index in [0.29, 0.717) is 0 Å². The molecule has 0 radical (unpaired) electrons. The summed E-state index contributed by atoms with van der Waals surface area (Å²) in [5.41, 5.74) is 2.29. The van der Waals surface area contributed by atoms with Gasteiger partial charge in [-0.1, -0.05) is 0 Å². The quantitative estimate of drug-likeness (QED) is 0.440. The standard InChI is InChI=1S/C23H18OTe/c1-24-21-15-17-22(18-16-21)25-23(20-12-6-3-7-13-20)14-8-11-19-9-4-2-5-10-19/h2-7,9-10,12-18H,1H3/b23-14-. The molecule has 0 saturated heterocycles. The van der Waals surface area contributed by atoms with E-state index in [9.17, 15) is 0 Å². The number of methoxy groups -OCH3 is 1. The number of hydrogen-bond acceptors (Lipinski definition) is 1. The van der Waals surface area contributed by atoms with Crippen LogP contribution in [-0.4, -0.2) is 28.0 Å². The van der Waals surface area contributed by atoms with Gasteiger partial charge in [0.2, 0.25) is 0 Å². The van der Waals surface area contributed by atoms with E-state index in [1.165, 1.54) is 12.8 Å². The van der Waals surface area contributed by atoms with Crippen LogP contribution in [0.3, 0.4) is 0 Å². The molecule has 122 valence electrons. The first-order valence-electron chi connectivity index (χ1n) is 7.99. The van der Waals surface area contributed by atoms with Crippen molar-refractivity contribution >= 4 is 28.2 Å². The molecule has 0 saturated carbocycles. The summed E-state index contributed by atoms with van der Waals surface area (Å²) in [5.74, 6) is 7.36. The Balaban J connectivity index is 1.87. The fourth-order valence-corrected chi connectivity index (χ4v) is 4.81. The summed E-state index contributed by atoms with van der Waals surface area (Å²) < 4.78 is 7.95. The molecule has 0 amide bonds. The van der Waals surface area contributed by atoms with Crippen LogP contribution in [0.15, 0.2) is 91.0 Å². The van der Waals surface area contributed by atoms with E-state index < -0.39 is 20.9 Å². The van der Waals surface area contributed by atoms with Crippen molar-refractivity contribution in [3.05, 3.63) is 102 Å². The van der Waals surface area contributed by atoms with Crippen molar-refractivity contribution in [3.8, 4) is 17.6 Å². The molecule has 0 N–H and O–H groups in total. The fraction of sp³-hybridized carbons (Fsp3) is 0.0435. The van der Waals surface area contributed by atoms with Crippen LogP contribution in [0.25, 0.3) is 3.62 Å². The number of rotatable bonds is 4. The Hall–Kier alpha value is -2.45. The molecule has 3 aromatic carbocycles. The Kier molecular flexibility index (Phi) is 6.35. The third-order valence-electron chi connectivity index (χ3n) is 3.54. The molecule has 0 aliphatic rings. The van der Waals surface area contributed by atoms with Crippen molar-refractivity contribution < 1.29 is 4.74 Å². The molecule has 0 fully saturated rings. The van der Waals surface area contributed by atoms with Gasteiger partial charge in [-0.2, -0.15) is 0 Å². The molecule has 0 aliphatic heterocycles. The molecule has 0 atom stereocenters. The molecule has 0 aromatic heterocycles. The molecule has 0 bridgehead atoms. The predicted molar refractivity (Wildman–Crippen MR) is 106 cm³/mol. The number of allylic oxidation sites excluding steroid dienone is 1. The summed E-state index contributed by atoms with van der Waals surface area (Å²) in [7, 11) is 1.69. The average Bonchev–Trinajstić information content (AvgIpc) is 2.69. The maximum atomic E-state index is 5.25. The molecule has 3 rings (SSSR count). The third kappa shape index (κ3) is 5.27. The normalized spacial score (nSPS) is 10.7. The number of benzene rings is 3. The number of hydrogen-bond donors (Lipinski definition) is 0. The van der Waals surface area contributed by atoms with Gasteiger partial charge in [-0.15, -0.1) is 0 Å². The molecule has 3 aromatic rings. The zero-order chi connectivity index (χ0) is 17.3. The van der Waals surface area contributed by atoms with E-state index in [1.54, 1.807) is 7.11 Å². The van der Waals surface area contributed by atoms with Crippen molar-refractivity contribution in [2.45, 2.75) is 0 Å². The molecule has 0 aliphatic carbocycles. The Labute approximate surface area is 159 Å². The predicted octanol–water partition coefficient (Wildman–Crippen LogP) is 4.12. The van der Waals surface area contributed by atoms with Crippen LogP contribution in [0, 0.1) is 11.8 Å². The van der Waals surface area contributed by atoms with Crippen LogP contribution in [0.4, 0.5) is 0 Å². The van der Waals surface area contributed by atoms with Crippen LogP contribution in [-0.2, 0) is 0 Å². The fourth-order valence-electron chi connectivity index (χ4n) is 2.25. The molecule has 25 heavy (non-hydrogen) atoms. The van der Waals surface area contributed by atoms with Crippen LogP contribution in [0.2, 0.25) is 0 Å². The summed E-state index contributed by atoms with van der Waals surface area (Å²) in [6, 6.07) is 29.0. The monoisotopic (exact) mass is 440 g/mol. The van der Waals surface area contributed by atoms with Crippen LogP contribution in [0.1, 0.15) is 11.1 Å². The molecule has 2 heteroatoms. The third-order valence-corrected chi connectivity index (χ3v) is 6.63. The second-order valence-corrected chi connectivity index (χ2v) is 8.47. The van der Waals surface area contributed by atoms with Gasteiger partial charge in [-0.3, -0.25) is 0 Å². The molecule has 1 nitrogen and oxygen atoms in total. The zero-order valence-corrected chi connectivity index (χ0v) is 16.3. The summed E-state index contributed by atoms with van der Waals surface area (Å²) in [5, 5.41) is 0. The van der Waals surface area contributed by atoms with Gasteiger partial charge in [0.15, 0.2) is 0 Å². The second-order valence-electron chi connectivity index (χ2n) is 5.29. The Morgan fingerprint density at radius 1 is 0.840 bits per heavy atom. The van der Waals surface area contributed by atoms with Gasteiger partial charge in [0.25, 0.3) is 0 Å². The van der Waals surface area contributed by atoms with Crippen LogP contribution >= 0.6 is 0 Å². The minimum absolute atomic E-state index is 0.524. The van der Waals surface area contributed by atoms with Crippen molar-refractivity contribution in [1.82, 2.24) is 0 Å². The van der Waals surface area contributed by atoms with Gasteiger partial charge in [0, 0.05) is 0 Å². The van der Waals surface area contributed by atoms with E-state index in [4.69, 9.17) is 4.74 Å². The number of ether oxygens (including phenoxy) is 1. The van der Waals surface area contributed by atoms with E-state index in [0.717, 1.165) is 11.3 Å².